The highest BCUT2D eigenvalue weighted by atomic mass is 16.3. The summed E-state index contributed by atoms with van der Waals surface area (Å²) in [6.45, 7) is 0.854. The summed E-state index contributed by atoms with van der Waals surface area (Å²) in [7, 11) is 0. The predicted molar refractivity (Wildman–Crippen MR) is 46.8 cm³/mol. The summed E-state index contributed by atoms with van der Waals surface area (Å²) in [5.74, 6) is 0.778. The highest BCUT2D eigenvalue weighted by molar-refractivity contribution is 4.99. The Morgan fingerprint density at radius 1 is 1.69 bits per heavy atom. The number of nitrogens with zero attached hydrogens (tertiary/aromatic N) is 3. The average molecular weight is 182 g/mol. The van der Waals surface area contributed by atoms with Crippen molar-refractivity contribution in [1.82, 2.24) is 15.0 Å². The van der Waals surface area contributed by atoms with Gasteiger partial charge >= 0.3 is 0 Å². The van der Waals surface area contributed by atoms with E-state index in [-0.39, 0.29) is 6.61 Å². The van der Waals surface area contributed by atoms with Crippen molar-refractivity contribution in [2.24, 2.45) is 11.7 Å². The molecule has 1 heterocycles. The lowest BCUT2D eigenvalue weighted by Crippen LogP contribution is -2.14. The summed E-state index contributed by atoms with van der Waals surface area (Å²) in [6.07, 6.45) is 4.40. The van der Waals surface area contributed by atoms with Crippen LogP contribution in [-0.2, 0) is 6.54 Å². The number of nitrogens with two attached hydrogens (primary N) is 1. The molecule has 0 bridgehead atoms. The van der Waals surface area contributed by atoms with Crippen molar-refractivity contribution in [3.63, 3.8) is 0 Å². The molecule has 1 aromatic heterocycles. The third kappa shape index (κ3) is 2.05. The van der Waals surface area contributed by atoms with Crippen LogP contribution in [0.4, 0.5) is 0 Å². The van der Waals surface area contributed by atoms with Gasteiger partial charge in [-0.15, -0.1) is 5.10 Å². The molecule has 2 rings (SSSR count). The SMILES string of the molecule is NC(CO)c1cn(CC2CC2)nn1. The molecule has 0 saturated heterocycles. The quantitative estimate of drug-likeness (QED) is 0.669. The Hall–Kier alpha value is -0.940. The molecule has 0 aliphatic heterocycles. The van der Waals surface area contributed by atoms with Crippen molar-refractivity contribution in [2.45, 2.75) is 25.4 Å². The first-order chi connectivity index (χ1) is 6.29. The van der Waals surface area contributed by atoms with Crippen LogP contribution in [0.1, 0.15) is 24.6 Å². The van der Waals surface area contributed by atoms with Crippen LogP contribution in [0.2, 0.25) is 0 Å². The standard InChI is InChI=1S/C8H14N4O/c9-7(5-13)8-4-12(11-10-8)3-6-1-2-6/h4,6-7,13H,1-3,5,9H2. The Bertz CT molecular complexity index is 281. The third-order valence-electron chi connectivity index (χ3n) is 2.28. The molecule has 13 heavy (non-hydrogen) atoms. The van der Waals surface area contributed by atoms with E-state index in [0.717, 1.165) is 12.5 Å². The third-order valence-corrected chi connectivity index (χ3v) is 2.28. The first kappa shape index (κ1) is 8.65. The van der Waals surface area contributed by atoms with Crippen molar-refractivity contribution in [3.05, 3.63) is 11.9 Å². The molecule has 3 N–H and O–H groups in total. The summed E-state index contributed by atoms with van der Waals surface area (Å²) in [5, 5.41) is 16.6. The largest absolute Gasteiger partial charge is 0.394 e. The molecule has 1 fully saturated rings. The van der Waals surface area contributed by atoms with E-state index in [0.29, 0.717) is 5.69 Å². The van der Waals surface area contributed by atoms with E-state index in [4.69, 9.17) is 10.8 Å². The van der Waals surface area contributed by atoms with Gasteiger partial charge in [-0.05, 0) is 18.8 Å². The van der Waals surface area contributed by atoms with Crippen LogP contribution < -0.4 is 5.73 Å². The van der Waals surface area contributed by atoms with Crippen LogP contribution in [0.25, 0.3) is 0 Å². The van der Waals surface area contributed by atoms with E-state index >= 15 is 0 Å². The van der Waals surface area contributed by atoms with E-state index in [9.17, 15) is 0 Å². The molecule has 5 nitrogen and oxygen atoms in total. The van der Waals surface area contributed by atoms with Crippen LogP contribution in [0.3, 0.4) is 0 Å². The summed E-state index contributed by atoms with van der Waals surface area (Å²) >= 11 is 0. The lowest BCUT2D eigenvalue weighted by Gasteiger charge is -2.00. The van der Waals surface area contributed by atoms with Crippen LogP contribution in [0.15, 0.2) is 6.20 Å². The fourth-order valence-electron chi connectivity index (χ4n) is 1.23. The summed E-state index contributed by atoms with van der Waals surface area (Å²) in [6, 6.07) is -0.395. The van der Waals surface area contributed by atoms with Gasteiger partial charge in [0.1, 0.15) is 5.69 Å². The Labute approximate surface area is 76.5 Å². The predicted octanol–water partition coefficient (Wildman–Crippen LogP) is -0.320. The lowest BCUT2D eigenvalue weighted by atomic mass is 10.2. The normalized spacial score (nSPS) is 18.9. The molecule has 1 aliphatic carbocycles. The van der Waals surface area contributed by atoms with Crippen LogP contribution in [0, 0.1) is 5.92 Å². The van der Waals surface area contributed by atoms with Gasteiger partial charge < -0.3 is 10.8 Å². The molecule has 1 aliphatic rings. The van der Waals surface area contributed by atoms with Crippen molar-refractivity contribution in [3.8, 4) is 0 Å². The maximum atomic E-state index is 8.79. The van der Waals surface area contributed by atoms with Gasteiger partial charge in [0.2, 0.25) is 0 Å². The van der Waals surface area contributed by atoms with Gasteiger partial charge in [-0.2, -0.15) is 0 Å². The molecule has 1 aromatic rings. The monoisotopic (exact) mass is 182 g/mol. The molecular formula is C8H14N4O. The van der Waals surface area contributed by atoms with Gasteiger partial charge in [-0.1, -0.05) is 5.21 Å². The molecule has 5 heteroatoms. The second-order valence-corrected chi connectivity index (χ2v) is 3.60. The molecule has 0 amide bonds. The van der Waals surface area contributed by atoms with Crippen molar-refractivity contribution < 1.29 is 5.11 Å². The van der Waals surface area contributed by atoms with Crippen molar-refractivity contribution in [2.75, 3.05) is 6.61 Å². The topological polar surface area (TPSA) is 77.0 Å². The number of hydrogen-bond acceptors (Lipinski definition) is 4. The van der Waals surface area contributed by atoms with Crippen molar-refractivity contribution >= 4 is 0 Å². The minimum absolute atomic E-state index is 0.0812. The molecule has 72 valence electrons. The molecule has 0 radical (unpaired) electrons. The number of aliphatic hydroxyl groups is 1. The number of rotatable bonds is 4. The zero-order chi connectivity index (χ0) is 9.26. The second kappa shape index (κ2) is 3.43. The van der Waals surface area contributed by atoms with Crippen LogP contribution in [0.5, 0.6) is 0 Å². The summed E-state index contributed by atoms with van der Waals surface area (Å²) < 4.78 is 1.81. The van der Waals surface area contributed by atoms with E-state index in [1.54, 1.807) is 0 Å². The second-order valence-electron chi connectivity index (χ2n) is 3.60. The number of hydrogen-bond donors (Lipinski definition) is 2. The molecule has 0 aromatic carbocycles. The molecule has 0 spiro atoms. The van der Waals surface area contributed by atoms with Gasteiger partial charge in [0.25, 0.3) is 0 Å². The zero-order valence-electron chi connectivity index (χ0n) is 7.43. The maximum absolute atomic E-state index is 8.79. The maximum Gasteiger partial charge on any atom is 0.102 e. The minimum atomic E-state index is -0.395. The number of aliphatic hydroxyl groups excluding tert-OH is 1. The van der Waals surface area contributed by atoms with E-state index < -0.39 is 6.04 Å². The Morgan fingerprint density at radius 2 is 2.46 bits per heavy atom. The van der Waals surface area contributed by atoms with Gasteiger partial charge in [0.15, 0.2) is 0 Å². The Balaban J connectivity index is 1.99. The molecular weight excluding hydrogens is 168 g/mol. The van der Waals surface area contributed by atoms with Crippen molar-refractivity contribution in [1.29, 1.82) is 0 Å². The average Bonchev–Trinajstić information content (AvgIpc) is 2.81. The van der Waals surface area contributed by atoms with Gasteiger partial charge in [0.05, 0.1) is 18.8 Å². The molecule has 1 unspecified atom stereocenters. The highest BCUT2D eigenvalue weighted by Gasteiger charge is 2.22. The molecule has 1 saturated carbocycles. The first-order valence-corrected chi connectivity index (χ1v) is 4.56. The van der Waals surface area contributed by atoms with E-state index in [1.807, 2.05) is 10.9 Å². The lowest BCUT2D eigenvalue weighted by molar-refractivity contribution is 0.266. The minimum Gasteiger partial charge on any atom is -0.394 e. The Kier molecular flexibility index (Phi) is 2.28. The fourth-order valence-corrected chi connectivity index (χ4v) is 1.23. The van der Waals surface area contributed by atoms with E-state index in [2.05, 4.69) is 10.3 Å². The fraction of sp³-hybridized carbons (Fsp3) is 0.750. The summed E-state index contributed by atoms with van der Waals surface area (Å²) in [5.41, 5.74) is 6.26. The molecule has 1 atom stereocenters. The van der Waals surface area contributed by atoms with Gasteiger partial charge in [-0.25, -0.2) is 0 Å². The van der Waals surface area contributed by atoms with Crippen LogP contribution >= 0.6 is 0 Å². The van der Waals surface area contributed by atoms with E-state index in [1.165, 1.54) is 12.8 Å². The highest BCUT2D eigenvalue weighted by Crippen LogP contribution is 2.30. The summed E-state index contributed by atoms with van der Waals surface area (Å²) in [4.78, 5) is 0. The smallest absolute Gasteiger partial charge is 0.102 e. The number of aromatic nitrogens is 3. The zero-order valence-corrected chi connectivity index (χ0v) is 7.43. The van der Waals surface area contributed by atoms with Gasteiger partial charge in [0, 0.05) is 6.54 Å². The Morgan fingerprint density at radius 3 is 3.08 bits per heavy atom. The first-order valence-electron chi connectivity index (χ1n) is 4.56. The van der Waals surface area contributed by atoms with Crippen LogP contribution in [-0.4, -0.2) is 26.7 Å². The van der Waals surface area contributed by atoms with Gasteiger partial charge in [-0.3, -0.25) is 4.68 Å².